The van der Waals surface area contributed by atoms with Gasteiger partial charge in [0.15, 0.2) is 0 Å². The molecule has 5 heavy (non-hydrogen) atoms. The van der Waals surface area contributed by atoms with Crippen molar-refractivity contribution in [1.29, 1.82) is 0 Å². The molecule has 0 unspecified atom stereocenters. The summed E-state index contributed by atoms with van der Waals surface area (Å²) in [6.07, 6.45) is 0. The molecule has 34 valence electrons. The van der Waals surface area contributed by atoms with E-state index < -0.39 is 0 Å². The second-order valence-electron chi connectivity index (χ2n) is 0.105. The van der Waals surface area contributed by atoms with Gasteiger partial charge in [-0.3, -0.25) is 4.79 Å². The summed E-state index contributed by atoms with van der Waals surface area (Å²) >= 11 is 0. The fraction of sp³-hybridized carbons (Fsp3) is 0.667. The van der Waals surface area contributed by atoms with E-state index in [2.05, 4.69) is 0 Å². The van der Waals surface area contributed by atoms with Crippen LogP contribution in [-0.4, -0.2) is 11.6 Å². The van der Waals surface area contributed by atoms with Crippen LogP contribution < -0.4 is 0 Å². The highest BCUT2D eigenvalue weighted by Gasteiger charge is 1.22. The van der Waals surface area contributed by atoms with Gasteiger partial charge in [-0.2, -0.15) is 0 Å². The molecule has 0 saturated carbocycles. The monoisotopic (exact) mass is 80.1 g/mol. The molecule has 0 spiro atoms. The van der Waals surface area contributed by atoms with Gasteiger partial charge in [0, 0.05) is 1.43 Å². The van der Waals surface area contributed by atoms with Crippen LogP contribution in [0.5, 0.6) is 0 Å². The lowest BCUT2D eigenvalue weighted by molar-refractivity contribution is -0.122. The van der Waals surface area contributed by atoms with E-state index in [1.165, 1.54) is 0 Å². The van der Waals surface area contributed by atoms with Crippen molar-refractivity contribution in [2.75, 3.05) is 0 Å². The van der Waals surface area contributed by atoms with Crippen LogP contribution in [0.15, 0.2) is 0 Å². The zero-order valence-corrected chi connectivity index (χ0v) is 3.43. The van der Waals surface area contributed by atoms with E-state index in [0.29, 0.717) is 0 Å². The molecule has 0 aromatic carbocycles. The maximum absolute atomic E-state index is 8.36. The summed E-state index contributed by atoms with van der Waals surface area (Å²) in [5.41, 5.74) is 0. The smallest absolute Gasteiger partial charge is 0.290 e. The van der Waals surface area contributed by atoms with Gasteiger partial charge in [0.2, 0.25) is 0 Å². The average molecular weight is 80.1 g/mol. The fourth-order valence-corrected chi connectivity index (χ4v) is 0. The van der Waals surface area contributed by atoms with Gasteiger partial charge < -0.3 is 5.11 Å². The maximum atomic E-state index is 8.36. The van der Waals surface area contributed by atoms with Gasteiger partial charge in [-0.25, -0.2) is 0 Å². The van der Waals surface area contributed by atoms with Crippen LogP contribution >= 0.6 is 0 Å². The molecule has 0 aliphatic carbocycles. The van der Waals surface area contributed by atoms with Gasteiger partial charge >= 0.3 is 0 Å². The van der Waals surface area contributed by atoms with Crippen LogP contribution in [0.1, 0.15) is 15.3 Å². The molecule has 0 aromatic heterocycles. The van der Waals surface area contributed by atoms with E-state index in [1.54, 1.807) is 0 Å². The first-order valence-electron chi connectivity index (χ1n) is 1.49. The normalized spacial score (nSPS) is 3.60. The Kier molecular flexibility index (Phi) is 169. The van der Waals surface area contributed by atoms with E-state index in [1.807, 2.05) is 13.8 Å². The van der Waals surface area contributed by atoms with Crippen molar-refractivity contribution in [1.82, 2.24) is 0 Å². The molecule has 2 nitrogen and oxygen atoms in total. The Bertz CT molecular complexity index is 16.3. The van der Waals surface area contributed by atoms with E-state index in [0.717, 1.165) is 0 Å². The summed E-state index contributed by atoms with van der Waals surface area (Å²) < 4.78 is 0. The quantitative estimate of drug-likeness (QED) is 0.440. The van der Waals surface area contributed by atoms with E-state index in [9.17, 15) is 0 Å². The Balaban J connectivity index is -0.0000000275. The Morgan fingerprint density at radius 3 is 1.80 bits per heavy atom. The van der Waals surface area contributed by atoms with Crippen molar-refractivity contribution in [3.63, 3.8) is 0 Å². The third-order valence-corrected chi connectivity index (χ3v) is 0. The summed E-state index contributed by atoms with van der Waals surface area (Å²) in [6.45, 7) is 3.75. The molecule has 2 heteroatoms. The van der Waals surface area contributed by atoms with Crippen LogP contribution in [0, 0.1) is 0 Å². The second-order valence-corrected chi connectivity index (χ2v) is 0.105. The molecule has 0 fully saturated rings. The van der Waals surface area contributed by atoms with Gasteiger partial charge in [-0.1, -0.05) is 13.8 Å². The van der Waals surface area contributed by atoms with Crippen LogP contribution in [0.2, 0.25) is 0 Å². The largest absolute Gasteiger partial charge is 0.483 e. The highest BCUT2D eigenvalue weighted by atomic mass is 16.3. The van der Waals surface area contributed by atoms with Crippen LogP contribution in [0.25, 0.3) is 0 Å². The molecule has 0 aliphatic heterocycles. The summed E-state index contributed by atoms with van der Waals surface area (Å²) in [4.78, 5) is 8.36. The second kappa shape index (κ2) is 95.8. The standard InChI is InChI=1S/C2H6.CH2O2.H2/c1-2;2-1-3;/h1-2H3;1H,(H,2,3);1H/i;;1+2. The molecule has 0 radical (unpaired) electrons. The summed E-state index contributed by atoms with van der Waals surface area (Å²) in [6, 6.07) is 0. The average Bonchev–Trinajstić information content (AvgIpc) is 1.46. The first-order chi connectivity index (χ1) is 2.41. The van der Waals surface area contributed by atoms with E-state index in [4.69, 9.17) is 9.90 Å². The lowest BCUT2D eigenvalue weighted by Crippen LogP contribution is -1.49. The SMILES string of the molecule is CC.O=CO.[3HH]. The van der Waals surface area contributed by atoms with Crippen molar-refractivity contribution in [3.05, 3.63) is 0 Å². The van der Waals surface area contributed by atoms with Gasteiger partial charge in [0.25, 0.3) is 6.47 Å². The third kappa shape index (κ3) is 26.7. The first kappa shape index (κ1) is 8.82. The Morgan fingerprint density at radius 1 is 1.80 bits per heavy atom. The van der Waals surface area contributed by atoms with Gasteiger partial charge in [0.05, 0.1) is 0 Å². The molecule has 0 amide bonds. The Labute approximate surface area is 32.9 Å². The zero-order valence-electron chi connectivity index (χ0n) is 3.43. The van der Waals surface area contributed by atoms with Crippen LogP contribution in [0.4, 0.5) is 0 Å². The van der Waals surface area contributed by atoms with Crippen LogP contribution in [0.3, 0.4) is 0 Å². The molecule has 0 atom stereocenters. The topological polar surface area (TPSA) is 37.3 Å². The van der Waals surface area contributed by atoms with Crippen molar-refractivity contribution in [2.45, 2.75) is 13.8 Å². The molecular formula is C3H10O2. The maximum Gasteiger partial charge on any atom is 0.290 e. The van der Waals surface area contributed by atoms with Gasteiger partial charge in [-0.05, 0) is 0 Å². The highest BCUT2D eigenvalue weighted by Crippen LogP contribution is 1.14. The molecular weight excluding hydrogens is 68.0 g/mol. The summed E-state index contributed by atoms with van der Waals surface area (Å²) in [5, 5.41) is 6.89. The fourth-order valence-electron chi connectivity index (χ4n) is 0. The van der Waals surface area contributed by atoms with Crippen molar-refractivity contribution >= 4 is 6.47 Å². The van der Waals surface area contributed by atoms with Crippen molar-refractivity contribution in [2.24, 2.45) is 0 Å². The Morgan fingerprint density at radius 2 is 1.80 bits per heavy atom. The number of hydrogen-bond acceptors (Lipinski definition) is 1. The number of hydrogen-bond donors (Lipinski definition) is 1. The summed E-state index contributed by atoms with van der Waals surface area (Å²) in [5.74, 6) is 0. The van der Waals surface area contributed by atoms with E-state index >= 15 is 0 Å². The third-order valence-electron chi connectivity index (χ3n) is 0. The van der Waals surface area contributed by atoms with Crippen molar-refractivity contribution in [3.8, 4) is 0 Å². The highest BCUT2D eigenvalue weighted by molar-refractivity contribution is 5.32. The molecule has 1 N–H and O–H groups in total. The molecule has 0 aromatic rings. The van der Waals surface area contributed by atoms with E-state index in [-0.39, 0.29) is 7.90 Å². The molecule has 0 bridgehead atoms. The molecule has 0 rings (SSSR count). The predicted molar refractivity (Wildman–Crippen MR) is 22.2 cm³/mol. The number of carbonyl (C=O) groups is 1. The Hall–Kier alpha value is -0.530. The van der Waals surface area contributed by atoms with Crippen LogP contribution in [-0.2, 0) is 4.79 Å². The lowest BCUT2D eigenvalue weighted by atomic mass is 11.0. The minimum atomic E-state index is -0.250. The van der Waals surface area contributed by atoms with Gasteiger partial charge in [-0.15, -0.1) is 0 Å². The first-order valence-corrected chi connectivity index (χ1v) is 1.49. The molecule has 0 heterocycles. The minimum absolute atomic E-state index is 0. The molecule has 0 aliphatic rings. The lowest BCUT2D eigenvalue weighted by Gasteiger charge is -1.34. The zero-order chi connectivity index (χ0) is 4.71. The number of rotatable bonds is 0. The summed E-state index contributed by atoms with van der Waals surface area (Å²) in [7, 11) is 0. The molecule has 0 saturated heterocycles. The number of carboxylic acid groups (broad SMARTS) is 1. The minimum Gasteiger partial charge on any atom is -0.483 e. The predicted octanol–water partition coefficient (Wildman–Crippen LogP) is 0.973. The van der Waals surface area contributed by atoms with Gasteiger partial charge in [0.1, 0.15) is 0 Å². The van der Waals surface area contributed by atoms with Crippen molar-refractivity contribution < 1.29 is 11.3 Å².